The Morgan fingerprint density at radius 2 is 2.00 bits per heavy atom. The van der Waals surface area contributed by atoms with Crippen LogP contribution in [0.5, 0.6) is 11.5 Å². The molecule has 0 atom stereocenters. The van der Waals surface area contributed by atoms with Crippen LogP contribution < -0.4 is 10.1 Å². The zero-order chi connectivity index (χ0) is 14.5. The fraction of sp³-hybridized carbons (Fsp3) is 0.250. The quantitative estimate of drug-likeness (QED) is 0.846. The monoisotopic (exact) mass is 335 g/mol. The number of aryl methyl sites for hydroxylation is 1. The van der Waals surface area contributed by atoms with Crippen molar-refractivity contribution in [1.82, 2.24) is 0 Å². The number of ether oxygens (including phenoxy) is 1. The van der Waals surface area contributed by atoms with Gasteiger partial charge in [0.15, 0.2) is 11.5 Å². The van der Waals surface area contributed by atoms with Crippen LogP contribution in [0, 0.1) is 6.92 Å². The van der Waals surface area contributed by atoms with Crippen LogP contribution in [0.1, 0.15) is 18.1 Å². The number of rotatable bonds is 5. The molecule has 0 radical (unpaired) electrons. The Balaban J connectivity index is 2.06. The van der Waals surface area contributed by atoms with Crippen LogP contribution >= 0.6 is 15.9 Å². The third kappa shape index (κ3) is 3.67. The SMILES string of the molecule is CCOc1cc(CNc2ccc(C)c(Br)c2)ccc1O. The summed E-state index contributed by atoms with van der Waals surface area (Å²) < 4.78 is 6.47. The average molecular weight is 336 g/mol. The standard InChI is InChI=1S/C16H18BrNO2/c1-3-20-16-8-12(5-7-15(16)19)10-18-13-6-4-11(2)14(17)9-13/h4-9,18-19H,3,10H2,1-2H3. The molecule has 0 aliphatic heterocycles. The molecule has 2 aromatic carbocycles. The second-order valence-corrected chi connectivity index (χ2v) is 5.41. The summed E-state index contributed by atoms with van der Waals surface area (Å²) in [6, 6.07) is 11.6. The Kier molecular flexibility index (Phi) is 4.90. The number of benzene rings is 2. The third-order valence-electron chi connectivity index (χ3n) is 2.99. The van der Waals surface area contributed by atoms with Crippen molar-refractivity contribution in [2.45, 2.75) is 20.4 Å². The number of hydrogen-bond acceptors (Lipinski definition) is 3. The molecule has 0 saturated carbocycles. The van der Waals surface area contributed by atoms with E-state index in [1.807, 2.05) is 25.1 Å². The van der Waals surface area contributed by atoms with Gasteiger partial charge in [0.25, 0.3) is 0 Å². The van der Waals surface area contributed by atoms with Crippen molar-refractivity contribution in [1.29, 1.82) is 0 Å². The fourth-order valence-electron chi connectivity index (χ4n) is 1.85. The minimum Gasteiger partial charge on any atom is -0.504 e. The van der Waals surface area contributed by atoms with E-state index >= 15 is 0 Å². The molecule has 0 aliphatic carbocycles. The Morgan fingerprint density at radius 1 is 1.20 bits per heavy atom. The highest BCUT2D eigenvalue weighted by molar-refractivity contribution is 9.10. The zero-order valence-corrected chi connectivity index (χ0v) is 13.2. The summed E-state index contributed by atoms with van der Waals surface area (Å²) in [7, 11) is 0. The van der Waals surface area contributed by atoms with Crippen molar-refractivity contribution in [3.8, 4) is 11.5 Å². The summed E-state index contributed by atoms with van der Waals surface area (Å²) in [5.74, 6) is 0.700. The number of anilines is 1. The molecule has 2 rings (SSSR count). The number of phenols is 1. The van der Waals surface area contributed by atoms with Crippen molar-refractivity contribution in [3.05, 3.63) is 52.0 Å². The van der Waals surface area contributed by atoms with Crippen LogP contribution in [0.4, 0.5) is 5.69 Å². The van der Waals surface area contributed by atoms with E-state index in [-0.39, 0.29) is 5.75 Å². The van der Waals surface area contributed by atoms with Crippen LogP contribution in [0.15, 0.2) is 40.9 Å². The van der Waals surface area contributed by atoms with Gasteiger partial charge in [0.05, 0.1) is 6.61 Å². The molecule has 20 heavy (non-hydrogen) atoms. The van der Waals surface area contributed by atoms with Crippen molar-refractivity contribution in [2.75, 3.05) is 11.9 Å². The predicted octanol–water partition coefficient (Wildman–Crippen LogP) is 4.47. The average Bonchev–Trinajstić information content (AvgIpc) is 2.43. The zero-order valence-electron chi connectivity index (χ0n) is 11.6. The number of nitrogens with one attached hydrogen (secondary N) is 1. The highest BCUT2D eigenvalue weighted by Gasteiger charge is 2.04. The van der Waals surface area contributed by atoms with Gasteiger partial charge in [-0.05, 0) is 49.2 Å². The molecule has 0 amide bonds. The smallest absolute Gasteiger partial charge is 0.161 e. The number of phenolic OH excluding ortho intramolecular Hbond substituents is 1. The van der Waals surface area contributed by atoms with Crippen LogP contribution in [0.25, 0.3) is 0 Å². The number of aromatic hydroxyl groups is 1. The van der Waals surface area contributed by atoms with Crippen LogP contribution in [-0.2, 0) is 6.54 Å². The molecule has 3 nitrogen and oxygen atoms in total. The summed E-state index contributed by atoms with van der Waals surface area (Å²) in [4.78, 5) is 0. The van der Waals surface area contributed by atoms with Crippen LogP contribution in [0.2, 0.25) is 0 Å². The molecule has 0 heterocycles. The van der Waals surface area contributed by atoms with Crippen molar-refractivity contribution >= 4 is 21.6 Å². The normalized spacial score (nSPS) is 10.3. The van der Waals surface area contributed by atoms with Gasteiger partial charge >= 0.3 is 0 Å². The van der Waals surface area contributed by atoms with Gasteiger partial charge in [0, 0.05) is 16.7 Å². The first kappa shape index (κ1) is 14.7. The molecular formula is C16H18BrNO2. The molecule has 4 heteroatoms. The Morgan fingerprint density at radius 3 is 2.70 bits per heavy atom. The molecule has 0 bridgehead atoms. The second kappa shape index (κ2) is 6.66. The molecule has 0 fully saturated rings. The first-order valence-corrected chi connectivity index (χ1v) is 7.34. The summed E-state index contributed by atoms with van der Waals surface area (Å²) >= 11 is 3.52. The molecule has 0 spiro atoms. The highest BCUT2D eigenvalue weighted by Crippen LogP contribution is 2.27. The van der Waals surface area contributed by atoms with E-state index in [9.17, 15) is 5.11 Å². The van der Waals surface area contributed by atoms with Crippen LogP contribution in [0.3, 0.4) is 0 Å². The highest BCUT2D eigenvalue weighted by atomic mass is 79.9. The lowest BCUT2D eigenvalue weighted by Crippen LogP contribution is -2.00. The molecule has 0 unspecified atom stereocenters. The van der Waals surface area contributed by atoms with Crippen molar-refractivity contribution < 1.29 is 9.84 Å². The molecule has 106 valence electrons. The van der Waals surface area contributed by atoms with Gasteiger partial charge < -0.3 is 15.2 Å². The van der Waals surface area contributed by atoms with E-state index < -0.39 is 0 Å². The van der Waals surface area contributed by atoms with E-state index in [1.165, 1.54) is 5.56 Å². The summed E-state index contributed by atoms with van der Waals surface area (Å²) in [6.07, 6.45) is 0. The van der Waals surface area contributed by atoms with E-state index in [1.54, 1.807) is 6.07 Å². The van der Waals surface area contributed by atoms with E-state index in [0.717, 1.165) is 15.7 Å². The maximum absolute atomic E-state index is 9.67. The first-order valence-electron chi connectivity index (χ1n) is 6.55. The van der Waals surface area contributed by atoms with Gasteiger partial charge in [-0.15, -0.1) is 0 Å². The topological polar surface area (TPSA) is 41.5 Å². The molecule has 0 aromatic heterocycles. The van der Waals surface area contributed by atoms with Crippen molar-refractivity contribution in [3.63, 3.8) is 0 Å². The van der Waals surface area contributed by atoms with E-state index in [2.05, 4.69) is 40.3 Å². The number of hydrogen-bond donors (Lipinski definition) is 2. The van der Waals surface area contributed by atoms with Crippen LogP contribution in [-0.4, -0.2) is 11.7 Å². The minimum absolute atomic E-state index is 0.175. The predicted molar refractivity (Wildman–Crippen MR) is 85.5 cm³/mol. The second-order valence-electron chi connectivity index (χ2n) is 4.55. The van der Waals surface area contributed by atoms with Gasteiger partial charge in [-0.1, -0.05) is 28.1 Å². The minimum atomic E-state index is 0.175. The van der Waals surface area contributed by atoms with Gasteiger partial charge in [-0.2, -0.15) is 0 Å². The summed E-state index contributed by atoms with van der Waals surface area (Å²) in [5, 5.41) is 13.0. The lowest BCUT2D eigenvalue weighted by Gasteiger charge is -2.11. The summed E-state index contributed by atoms with van der Waals surface area (Å²) in [6.45, 7) is 5.17. The molecule has 2 aromatic rings. The molecule has 0 saturated heterocycles. The fourth-order valence-corrected chi connectivity index (χ4v) is 2.23. The Labute approximate surface area is 127 Å². The van der Waals surface area contributed by atoms with Gasteiger partial charge in [0.2, 0.25) is 0 Å². The van der Waals surface area contributed by atoms with E-state index in [4.69, 9.17) is 4.74 Å². The van der Waals surface area contributed by atoms with Crippen molar-refractivity contribution in [2.24, 2.45) is 0 Å². The largest absolute Gasteiger partial charge is 0.504 e. The Hall–Kier alpha value is -1.68. The molecule has 2 N–H and O–H groups in total. The molecular weight excluding hydrogens is 318 g/mol. The lowest BCUT2D eigenvalue weighted by molar-refractivity contribution is 0.318. The lowest BCUT2D eigenvalue weighted by atomic mass is 10.2. The maximum atomic E-state index is 9.67. The third-order valence-corrected chi connectivity index (χ3v) is 3.85. The van der Waals surface area contributed by atoms with E-state index in [0.29, 0.717) is 18.9 Å². The summed E-state index contributed by atoms with van der Waals surface area (Å²) in [5.41, 5.74) is 3.32. The van der Waals surface area contributed by atoms with Gasteiger partial charge in [-0.3, -0.25) is 0 Å². The van der Waals surface area contributed by atoms with Gasteiger partial charge in [-0.25, -0.2) is 0 Å². The number of halogens is 1. The first-order chi connectivity index (χ1) is 9.60. The van der Waals surface area contributed by atoms with Gasteiger partial charge in [0.1, 0.15) is 0 Å². The Bertz CT molecular complexity index is 599. The molecule has 0 aliphatic rings. The maximum Gasteiger partial charge on any atom is 0.161 e.